The number of aliphatic hydroxyl groups is 3. The first-order valence-electron chi connectivity index (χ1n) is 20.0. The summed E-state index contributed by atoms with van der Waals surface area (Å²) in [7, 11) is 2.38. The van der Waals surface area contributed by atoms with Gasteiger partial charge in [-0.3, -0.25) is 14.7 Å². The topological polar surface area (TPSA) is 70.4 Å². The van der Waals surface area contributed by atoms with Crippen LogP contribution in [0.25, 0.3) is 0 Å². The number of piperazine rings is 3. The number of β-amino-alcohol motifs (C(OH)–C–C–N with tert-alkyl or cyclic N) is 3. The number of rotatable bonds is 16. The van der Waals surface area contributed by atoms with E-state index in [0.717, 1.165) is 131 Å². The maximum Gasteiger partial charge on any atom is 0.116 e. The van der Waals surface area contributed by atoms with Gasteiger partial charge in [-0.15, -0.1) is 0 Å². The van der Waals surface area contributed by atoms with Crippen molar-refractivity contribution in [2.75, 3.05) is 118 Å². The van der Waals surface area contributed by atoms with Crippen LogP contribution in [0.3, 0.4) is 0 Å². The van der Waals surface area contributed by atoms with Gasteiger partial charge in [0.2, 0.25) is 0 Å². The molecule has 3 aromatic carbocycles. The van der Waals surface area contributed by atoms with Crippen molar-refractivity contribution in [3.05, 3.63) is 108 Å². The largest absolute Gasteiger partial charge is 0.392 e. The average molecular weight is 716 g/mol. The Morgan fingerprint density at radius 1 is 0.481 bits per heavy atom. The van der Waals surface area contributed by atoms with Gasteiger partial charge in [0, 0.05) is 75.6 Å². The molecule has 0 bridgehead atoms. The fraction of sp³-hybridized carbons (Fsp3) is 0.581. The van der Waals surface area contributed by atoms with E-state index in [1.165, 1.54) is 16.7 Å². The van der Waals surface area contributed by atoms with Crippen LogP contribution in [0.5, 0.6) is 0 Å². The average Bonchev–Trinajstić information content (AvgIpc) is 3.12. The van der Waals surface area contributed by atoms with Gasteiger partial charge in [0.15, 0.2) is 0 Å². The van der Waals surface area contributed by atoms with Gasteiger partial charge in [0.1, 0.15) is 44.9 Å². The van der Waals surface area contributed by atoms with Crippen molar-refractivity contribution in [1.82, 2.24) is 14.7 Å². The second-order valence-electron chi connectivity index (χ2n) is 17.0. The molecule has 52 heavy (non-hydrogen) atoms. The zero-order valence-electron chi connectivity index (χ0n) is 32.1. The first-order valence-corrected chi connectivity index (χ1v) is 20.0. The summed E-state index contributed by atoms with van der Waals surface area (Å²) in [4.78, 5) is 7.33. The molecule has 0 amide bonds. The smallest absolute Gasteiger partial charge is 0.116 e. The van der Waals surface area contributed by atoms with Gasteiger partial charge in [-0.2, -0.15) is 0 Å². The number of hydrogen-bond donors (Lipinski definition) is 3. The Bertz CT molecular complexity index is 1450. The number of benzene rings is 3. The van der Waals surface area contributed by atoms with Crippen molar-refractivity contribution in [2.45, 2.75) is 44.9 Å². The van der Waals surface area contributed by atoms with E-state index in [9.17, 15) is 15.3 Å². The normalized spacial score (nSPS) is 22.8. The van der Waals surface area contributed by atoms with Gasteiger partial charge < -0.3 is 28.8 Å². The highest BCUT2D eigenvalue weighted by atomic mass is 16.3. The molecule has 0 aliphatic carbocycles. The lowest BCUT2D eigenvalue weighted by Crippen LogP contribution is -2.65. The van der Waals surface area contributed by atoms with Crippen LogP contribution < -0.4 is 0 Å². The van der Waals surface area contributed by atoms with E-state index < -0.39 is 6.10 Å². The number of aliphatic hydroxyl groups excluding tert-OH is 3. The Morgan fingerprint density at radius 3 is 1.17 bits per heavy atom. The Kier molecular flexibility index (Phi) is 13.6. The minimum absolute atomic E-state index is 0.321. The minimum Gasteiger partial charge on any atom is -0.392 e. The molecule has 284 valence electrons. The van der Waals surface area contributed by atoms with Crippen LogP contribution >= 0.6 is 0 Å². The summed E-state index contributed by atoms with van der Waals surface area (Å²) < 4.78 is 2.83. The van der Waals surface area contributed by atoms with Gasteiger partial charge >= 0.3 is 0 Å². The summed E-state index contributed by atoms with van der Waals surface area (Å²) in [6, 6.07) is 32.4. The Morgan fingerprint density at radius 2 is 0.808 bits per heavy atom. The Hall–Kier alpha value is -2.70. The molecule has 9 heteroatoms. The predicted molar refractivity (Wildman–Crippen MR) is 209 cm³/mol. The van der Waals surface area contributed by atoms with Crippen LogP contribution in [0.4, 0.5) is 0 Å². The van der Waals surface area contributed by atoms with Gasteiger partial charge in [-0.05, 0) is 6.92 Å². The molecule has 3 heterocycles. The van der Waals surface area contributed by atoms with E-state index in [0.29, 0.717) is 13.1 Å². The third-order valence-corrected chi connectivity index (χ3v) is 12.3. The van der Waals surface area contributed by atoms with E-state index in [1.54, 1.807) is 0 Å². The highest BCUT2D eigenvalue weighted by molar-refractivity contribution is 5.15. The monoisotopic (exact) mass is 716 g/mol. The number of likely N-dealkylation sites (N-methyl/N-ethyl adjacent to an activating group) is 1. The summed E-state index contributed by atoms with van der Waals surface area (Å²) >= 11 is 0. The lowest BCUT2D eigenvalue weighted by molar-refractivity contribution is -0.949. The molecular formula is C43H67N6O3+3. The summed E-state index contributed by atoms with van der Waals surface area (Å²) in [5, 5.41) is 33.3. The van der Waals surface area contributed by atoms with Gasteiger partial charge in [0.05, 0.1) is 52.4 Å². The van der Waals surface area contributed by atoms with E-state index in [-0.39, 0.29) is 12.2 Å². The van der Waals surface area contributed by atoms with Crippen molar-refractivity contribution in [3.63, 3.8) is 0 Å². The second kappa shape index (κ2) is 18.1. The molecule has 3 N–H and O–H groups in total. The molecule has 3 unspecified atom stereocenters. The van der Waals surface area contributed by atoms with Gasteiger partial charge in [-0.1, -0.05) is 91.0 Å². The van der Waals surface area contributed by atoms with Crippen molar-refractivity contribution in [2.24, 2.45) is 0 Å². The number of hydrogen-bond acceptors (Lipinski definition) is 6. The van der Waals surface area contributed by atoms with Gasteiger partial charge in [0.25, 0.3) is 0 Å². The second-order valence-corrected chi connectivity index (χ2v) is 17.0. The quantitative estimate of drug-likeness (QED) is 0.199. The van der Waals surface area contributed by atoms with Crippen LogP contribution in [0.2, 0.25) is 0 Å². The lowest BCUT2D eigenvalue weighted by Gasteiger charge is -2.48. The summed E-state index contributed by atoms with van der Waals surface area (Å²) in [6.07, 6.45) is -1.10. The molecule has 0 aromatic heterocycles. The molecule has 0 radical (unpaired) electrons. The Labute approximate surface area is 313 Å². The highest BCUT2D eigenvalue weighted by Crippen LogP contribution is 2.24. The molecule has 3 aromatic rings. The number of nitrogens with zero attached hydrogens (tertiary/aromatic N) is 6. The third-order valence-electron chi connectivity index (χ3n) is 12.3. The third kappa shape index (κ3) is 11.4. The molecule has 3 saturated heterocycles. The zero-order valence-corrected chi connectivity index (χ0v) is 32.1. The number of quaternary nitrogens is 3. The predicted octanol–water partition coefficient (Wildman–Crippen LogP) is 2.72. The summed E-state index contributed by atoms with van der Waals surface area (Å²) in [5.74, 6) is 0. The van der Waals surface area contributed by atoms with E-state index in [2.05, 4.69) is 113 Å². The van der Waals surface area contributed by atoms with Crippen molar-refractivity contribution < 1.29 is 28.8 Å². The van der Waals surface area contributed by atoms with Gasteiger partial charge in [-0.25, -0.2) is 0 Å². The molecule has 6 rings (SSSR count). The van der Waals surface area contributed by atoms with Crippen molar-refractivity contribution >= 4 is 0 Å². The van der Waals surface area contributed by atoms with E-state index >= 15 is 0 Å². The maximum atomic E-state index is 11.7. The van der Waals surface area contributed by atoms with Crippen LogP contribution in [0, 0.1) is 0 Å². The summed E-state index contributed by atoms with van der Waals surface area (Å²) in [5.41, 5.74) is 4.05. The molecule has 0 spiro atoms. The fourth-order valence-electron chi connectivity index (χ4n) is 9.31. The molecule has 3 atom stereocenters. The van der Waals surface area contributed by atoms with Crippen LogP contribution in [-0.2, 0) is 19.6 Å². The fourth-order valence-corrected chi connectivity index (χ4v) is 9.31. The minimum atomic E-state index is -0.406. The van der Waals surface area contributed by atoms with Crippen LogP contribution in [0.1, 0.15) is 23.6 Å². The van der Waals surface area contributed by atoms with E-state index in [1.807, 2.05) is 6.92 Å². The molecule has 3 aliphatic rings. The van der Waals surface area contributed by atoms with Crippen molar-refractivity contribution in [1.29, 1.82) is 0 Å². The highest BCUT2D eigenvalue weighted by Gasteiger charge is 2.39. The lowest BCUT2D eigenvalue weighted by atomic mass is 10.1. The summed E-state index contributed by atoms with van der Waals surface area (Å²) in [6.45, 7) is 20.3. The van der Waals surface area contributed by atoms with Crippen LogP contribution in [-0.4, -0.2) is 180 Å². The first-order chi connectivity index (χ1) is 25.1. The standard InChI is InChI=1S/C43H67N6O3/c1-38(50)30-44-20-26-48(27-21-44,34-40-14-8-4-9-15-40)37-43(52)32-46-22-28-49(29-23-46,35-41-16-10-5-11-17-41)36-42(51)31-45-18-24-47(2,25-19-45)33-39-12-6-3-7-13-39/h3-17,38,42-43,50-52H,18-37H2,1-2H3/q+3. The Balaban J connectivity index is 1.03. The van der Waals surface area contributed by atoms with E-state index in [4.69, 9.17) is 0 Å². The van der Waals surface area contributed by atoms with Crippen LogP contribution in [0.15, 0.2) is 91.0 Å². The molecular weight excluding hydrogens is 649 g/mol. The molecule has 3 aliphatic heterocycles. The molecule has 3 fully saturated rings. The SMILES string of the molecule is CC(O)CN1CC[N+](Cc2ccccc2)(CC(O)CN2CC[N+](Cc3ccccc3)(CC(O)CN3CC[N+](C)(Cc4ccccc4)CC3)CC2)CC1. The maximum absolute atomic E-state index is 11.7. The molecule has 0 saturated carbocycles. The first kappa shape index (κ1) is 39.0. The zero-order chi connectivity index (χ0) is 36.4. The molecule has 9 nitrogen and oxygen atoms in total. The van der Waals surface area contributed by atoms with Crippen molar-refractivity contribution in [3.8, 4) is 0 Å².